The van der Waals surface area contributed by atoms with Crippen LogP contribution >= 0.6 is 23.5 Å². The Kier molecular flexibility index (Phi) is 73.9. The third kappa shape index (κ3) is 70.6. The molecule has 16 heteroatoms. The van der Waals surface area contributed by atoms with E-state index in [0.717, 1.165) is 153 Å². The number of hydrogen-bond donors (Lipinski definition) is 0. The van der Waals surface area contributed by atoms with Gasteiger partial charge in [-0.2, -0.15) is 0 Å². The summed E-state index contributed by atoms with van der Waals surface area (Å²) in [6.45, 7) is 18.0. The lowest BCUT2D eigenvalue weighted by molar-refractivity contribution is -0.150. The molecule has 0 aromatic rings. The highest BCUT2D eigenvalue weighted by molar-refractivity contribution is 8.13. The van der Waals surface area contributed by atoms with Crippen LogP contribution in [0.3, 0.4) is 0 Å². The van der Waals surface area contributed by atoms with E-state index in [4.69, 9.17) is 18.9 Å². The van der Waals surface area contributed by atoms with Gasteiger partial charge in [0.25, 0.3) is 10.5 Å². The van der Waals surface area contributed by atoms with Crippen LogP contribution in [0.25, 0.3) is 0 Å². The monoisotopic (exact) mass is 1400 g/mol. The molecule has 0 aliphatic rings. The van der Waals surface area contributed by atoms with Gasteiger partial charge in [-0.1, -0.05) is 249 Å². The quantitative estimate of drug-likeness (QED) is 0.0246. The van der Waals surface area contributed by atoms with Crippen LogP contribution in [0.4, 0.5) is 9.59 Å². The summed E-state index contributed by atoms with van der Waals surface area (Å²) < 4.78 is 22.7. The van der Waals surface area contributed by atoms with Crippen molar-refractivity contribution in [2.45, 2.75) is 343 Å². The number of carbonyl (C=O) groups excluding carboxylic acids is 6. The number of allylic oxidation sites excluding steroid dienone is 6. The van der Waals surface area contributed by atoms with Gasteiger partial charge in [0.05, 0.1) is 0 Å². The van der Waals surface area contributed by atoms with Crippen molar-refractivity contribution in [3.8, 4) is 0 Å². The van der Waals surface area contributed by atoms with E-state index in [2.05, 4.69) is 87.8 Å². The summed E-state index contributed by atoms with van der Waals surface area (Å²) in [5.41, 5.74) is 0. The van der Waals surface area contributed by atoms with Gasteiger partial charge in [0.15, 0.2) is 0 Å². The molecular formula is C81H150N4O10S2. The van der Waals surface area contributed by atoms with Crippen LogP contribution in [-0.2, 0) is 38.1 Å². The van der Waals surface area contributed by atoms with E-state index >= 15 is 0 Å². The summed E-state index contributed by atoms with van der Waals surface area (Å²) in [5, 5.41) is 0.123. The molecule has 14 nitrogen and oxygen atoms in total. The van der Waals surface area contributed by atoms with Crippen molar-refractivity contribution in [2.75, 3.05) is 92.2 Å². The molecule has 0 radical (unpaired) electrons. The summed E-state index contributed by atoms with van der Waals surface area (Å²) >= 11 is 2.68. The molecule has 0 atom stereocenters. The van der Waals surface area contributed by atoms with E-state index in [0.29, 0.717) is 77.9 Å². The number of thioether (sulfide) groups is 2. The summed E-state index contributed by atoms with van der Waals surface area (Å²) in [6, 6.07) is 0. The highest BCUT2D eigenvalue weighted by Crippen LogP contribution is 2.21. The molecule has 0 rings (SSSR count). The fourth-order valence-corrected chi connectivity index (χ4v) is 12.8. The van der Waals surface area contributed by atoms with Crippen LogP contribution < -0.4 is 0 Å². The van der Waals surface area contributed by atoms with E-state index in [1.807, 2.05) is 50.1 Å². The summed E-state index contributed by atoms with van der Waals surface area (Å²) in [5.74, 6) is 0.836. The maximum Gasteiger partial charge on any atom is 0.306 e. The van der Waals surface area contributed by atoms with Crippen LogP contribution in [-0.4, -0.2) is 158 Å². The van der Waals surface area contributed by atoms with Crippen molar-refractivity contribution in [2.24, 2.45) is 0 Å². The Morgan fingerprint density at radius 3 is 0.990 bits per heavy atom. The molecule has 0 N–H and O–H groups in total. The zero-order chi connectivity index (χ0) is 71.7. The Morgan fingerprint density at radius 1 is 0.299 bits per heavy atom. The topological polar surface area (TPSA) is 152 Å². The van der Waals surface area contributed by atoms with Crippen molar-refractivity contribution in [3.05, 3.63) is 48.6 Å². The lowest BCUT2D eigenvalue weighted by Gasteiger charge is -2.23. The first-order valence-corrected chi connectivity index (χ1v) is 41.6. The first-order valence-electron chi connectivity index (χ1n) is 39.6. The summed E-state index contributed by atoms with van der Waals surface area (Å²) in [4.78, 5) is 84.1. The maximum absolute atomic E-state index is 13.1. The second-order valence-electron chi connectivity index (χ2n) is 27.0. The Balaban J connectivity index is 0. The second kappa shape index (κ2) is 75.1. The average molecular weight is 1400 g/mol. The molecule has 566 valence electrons. The molecule has 2 amide bonds. The Labute approximate surface area is 605 Å². The van der Waals surface area contributed by atoms with E-state index in [1.54, 1.807) is 0 Å². The zero-order valence-corrected chi connectivity index (χ0v) is 66.0. The molecule has 0 unspecified atom stereocenters. The maximum atomic E-state index is 13.1. The first kappa shape index (κ1) is 95.5. The third-order valence-corrected chi connectivity index (χ3v) is 18.7. The number of rotatable bonds is 67. The molecule has 0 aromatic heterocycles. The molecule has 0 saturated carbocycles. The number of carbonyl (C=O) groups is 6. The fraction of sp³-hybridized carbons (Fsp3) is 0.827. The van der Waals surface area contributed by atoms with Gasteiger partial charge >= 0.3 is 23.9 Å². The Bertz CT molecular complexity index is 1910. The molecule has 0 heterocycles. The minimum atomic E-state index is -0.178. The predicted molar refractivity (Wildman–Crippen MR) is 416 cm³/mol. The van der Waals surface area contributed by atoms with Crippen molar-refractivity contribution in [1.29, 1.82) is 0 Å². The van der Waals surface area contributed by atoms with Crippen LogP contribution in [0, 0.1) is 0 Å². The SMILES string of the molecule is CCC/C=C/CCC(CC/C=C/CCC)OC(=O)CCCN(CCCCCC(=O)OC/C=C\CCCCCCC)C(=O)SCCN(C)C.CCCCCC/C=C\COC(=O)CCCCCN(CCCC(=O)OC(CCCCCCCC)CCCCCCCC)C(=O)SCCN(C)C. The Hall–Kier alpha value is -3.60. The van der Waals surface area contributed by atoms with Gasteiger partial charge in [-0.25, -0.2) is 0 Å². The molecule has 0 fully saturated rings. The molecule has 0 aliphatic heterocycles. The van der Waals surface area contributed by atoms with Crippen LogP contribution in [0.15, 0.2) is 48.6 Å². The molecule has 0 saturated heterocycles. The van der Waals surface area contributed by atoms with Crippen LogP contribution in [0.5, 0.6) is 0 Å². The van der Waals surface area contributed by atoms with Crippen molar-refractivity contribution in [3.63, 3.8) is 0 Å². The Morgan fingerprint density at radius 2 is 0.608 bits per heavy atom. The minimum Gasteiger partial charge on any atom is -0.462 e. The van der Waals surface area contributed by atoms with Crippen molar-refractivity contribution < 1.29 is 47.7 Å². The van der Waals surface area contributed by atoms with E-state index < -0.39 is 0 Å². The van der Waals surface area contributed by atoms with Crippen molar-refractivity contribution >= 4 is 57.9 Å². The highest BCUT2D eigenvalue weighted by Gasteiger charge is 2.20. The van der Waals surface area contributed by atoms with Gasteiger partial charge in [-0.3, -0.25) is 28.8 Å². The van der Waals surface area contributed by atoms with Gasteiger partial charge in [0, 0.05) is 76.5 Å². The molecular weight excluding hydrogens is 1250 g/mol. The number of ether oxygens (including phenoxy) is 4. The highest BCUT2D eigenvalue weighted by atomic mass is 32.2. The van der Waals surface area contributed by atoms with E-state index in [-0.39, 0.29) is 46.6 Å². The first-order chi connectivity index (χ1) is 47.2. The third-order valence-electron chi connectivity index (χ3n) is 16.9. The van der Waals surface area contributed by atoms with Gasteiger partial charge in [-0.15, -0.1) is 0 Å². The fourth-order valence-electron chi connectivity index (χ4n) is 10.8. The van der Waals surface area contributed by atoms with Crippen LogP contribution in [0.2, 0.25) is 0 Å². The minimum absolute atomic E-state index is 0.0161. The number of amides is 2. The van der Waals surface area contributed by atoms with E-state index in [1.165, 1.54) is 146 Å². The number of hydrogen-bond acceptors (Lipinski definition) is 14. The largest absolute Gasteiger partial charge is 0.462 e. The number of esters is 4. The summed E-state index contributed by atoms with van der Waals surface area (Å²) in [7, 11) is 8.02. The number of unbranched alkanes of at least 4 members (excludes halogenated alkanes) is 25. The van der Waals surface area contributed by atoms with Gasteiger partial charge in [-0.05, 0) is 157 Å². The van der Waals surface area contributed by atoms with Crippen LogP contribution in [0.1, 0.15) is 330 Å². The lowest BCUT2D eigenvalue weighted by Crippen LogP contribution is -2.31. The number of nitrogens with zero attached hydrogens (tertiary/aromatic N) is 4. The van der Waals surface area contributed by atoms with E-state index in [9.17, 15) is 28.8 Å². The standard InChI is InChI=1S/C41H78N2O5S.C40H72N2O5S/c1-6-9-12-15-18-21-27-36-47-39(44)31-25-22-26-33-43(41(46)49-37-35-42(4)5)34-28-32-40(45)48-38(29-23-19-16-13-10-7-2)30-24-20-17-14-11-8-3;1-6-9-12-15-16-17-20-26-35-46-38(43)30-24-21-25-32-42(40(45)48-36-34-41(4)5)33-27-31-39(44)47-37(28-22-18-13-10-7-2)29-23-19-14-11-8-3/h21,27,38H,6-20,22-26,28-37H2,1-5H3;13-14,18-20,26,37H,6-12,15-17,21-25,27-36H2,1-5H3/b27-21-;18-13+,19-14+,26-20-. The average Bonchev–Trinajstić information content (AvgIpc) is 1.38. The molecule has 0 spiro atoms. The predicted octanol–water partition coefficient (Wildman–Crippen LogP) is 22.2. The zero-order valence-electron chi connectivity index (χ0n) is 64.4. The van der Waals surface area contributed by atoms with Gasteiger partial charge in [0.1, 0.15) is 25.4 Å². The molecule has 0 aliphatic carbocycles. The second-order valence-corrected chi connectivity index (χ2v) is 29.1. The lowest BCUT2D eigenvalue weighted by atomic mass is 10.0. The molecule has 0 aromatic carbocycles. The normalized spacial score (nSPS) is 11.7. The molecule has 97 heavy (non-hydrogen) atoms. The van der Waals surface area contributed by atoms with Gasteiger partial charge < -0.3 is 38.5 Å². The van der Waals surface area contributed by atoms with Crippen molar-refractivity contribution in [1.82, 2.24) is 19.6 Å². The molecule has 0 bridgehead atoms. The smallest absolute Gasteiger partial charge is 0.306 e. The summed E-state index contributed by atoms with van der Waals surface area (Å²) in [6.07, 6.45) is 62.5. The van der Waals surface area contributed by atoms with Gasteiger partial charge in [0.2, 0.25) is 0 Å².